The highest BCUT2D eigenvalue weighted by Crippen LogP contribution is 2.11. The van der Waals surface area contributed by atoms with E-state index in [4.69, 9.17) is 56.5 Å². The van der Waals surface area contributed by atoms with E-state index in [9.17, 15) is 4.79 Å². The first-order chi connectivity index (χ1) is 24.9. The normalized spacial score (nSPS) is 11.7. The van der Waals surface area contributed by atoms with Crippen molar-refractivity contribution in [3.8, 4) is 0 Å². The van der Waals surface area contributed by atoms with Crippen LogP contribution in [0.3, 0.4) is 0 Å². The molecule has 0 aliphatic heterocycles. The molecule has 0 heterocycles. The van der Waals surface area contributed by atoms with Gasteiger partial charge >= 0.3 is 5.97 Å². The molecule has 0 bridgehead atoms. The molecule has 1 aromatic carbocycles. The highest BCUT2D eigenvalue weighted by molar-refractivity contribution is 6.69. The first-order valence-electron chi connectivity index (χ1n) is 18.3. The predicted molar refractivity (Wildman–Crippen MR) is 198 cm³/mol. The van der Waals surface area contributed by atoms with Gasteiger partial charge in [-0.3, -0.25) is 0 Å². The Morgan fingerprint density at radius 1 is 0.490 bits per heavy atom. The molecular formula is C36H67NO13Si. The Balaban J connectivity index is 1.69. The molecule has 0 aromatic heterocycles. The van der Waals surface area contributed by atoms with Crippen LogP contribution in [0.1, 0.15) is 30.1 Å². The van der Waals surface area contributed by atoms with Crippen LogP contribution in [0.25, 0.3) is 0 Å². The van der Waals surface area contributed by atoms with Gasteiger partial charge in [0.25, 0.3) is 0 Å². The predicted octanol–water partition coefficient (Wildman–Crippen LogP) is 4.07. The van der Waals surface area contributed by atoms with Gasteiger partial charge in [-0.2, -0.15) is 0 Å². The second-order valence-electron chi connectivity index (χ2n) is 12.1. The lowest BCUT2D eigenvalue weighted by molar-refractivity contribution is -0.0274. The van der Waals surface area contributed by atoms with Crippen LogP contribution >= 0.6 is 0 Å². The summed E-state index contributed by atoms with van der Waals surface area (Å²) in [5, 5.41) is 3.32. The average Bonchev–Trinajstić information content (AvgIpc) is 3.11. The largest absolute Gasteiger partial charge is 0.460 e. The minimum absolute atomic E-state index is 0.190. The number of unbranched alkanes of at least 4 members (excludes halogenated alkanes) is 1. The topological polar surface area (TPSA) is 140 Å². The van der Waals surface area contributed by atoms with Crippen molar-refractivity contribution in [3.63, 3.8) is 0 Å². The fraction of sp³-hybridized carbons (Fsp3) is 0.806. The third-order valence-corrected chi connectivity index (χ3v) is 7.62. The zero-order valence-corrected chi connectivity index (χ0v) is 32.8. The molecule has 0 atom stereocenters. The van der Waals surface area contributed by atoms with Gasteiger partial charge in [-0.05, 0) is 50.3 Å². The van der Waals surface area contributed by atoms with Crippen molar-refractivity contribution in [3.05, 3.63) is 29.8 Å². The van der Waals surface area contributed by atoms with Crippen molar-refractivity contribution >= 4 is 20.0 Å². The molecule has 0 radical (unpaired) electrons. The number of carbonyl (C=O) groups excluding carboxylic acids is 1. The Morgan fingerprint density at radius 2 is 0.804 bits per heavy atom. The van der Waals surface area contributed by atoms with Crippen molar-refractivity contribution in [1.82, 2.24) is 0 Å². The summed E-state index contributed by atoms with van der Waals surface area (Å²) in [5.41, 5.74) is 1.51. The Hall–Kier alpha value is -1.73. The van der Waals surface area contributed by atoms with E-state index in [0.717, 1.165) is 25.1 Å². The molecule has 0 saturated carbocycles. The molecule has 0 unspecified atom stereocenters. The quantitative estimate of drug-likeness (QED) is 0.0588. The van der Waals surface area contributed by atoms with Gasteiger partial charge in [0.1, 0.15) is 6.61 Å². The molecule has 0 aliphatic rings. The zero-order valence-electron chi connectivity index (χ0n) is 31.8. The minimum Gasteiger partial charge on any atom is -0.460 e. The molecule has 15 heteroatoms. The van der Waals surface area contributed by atoms with Crippen molar-refractivity contribution in [2.45, 2.75) is 39.4 Å². The maximum absolute atomic E-state index is 12.1. The summed E-state index contributed by atoms with van der Waals surface area (Å²) in [6.45, 7) is 20.2. The van der Waals surface area contributed by atoms with Gasteiger partial charge in [0.05, 0.1) is 144 Å². The first kappa shape index (κ1) is 47.3. The number of benzene rings is 1. The van der Waals surface area contributed by atoms with E-state index in [0.29, 0.717) is 144 Å². The van der Waals surface area contributed by atoms with Gasteiger partial charge in [0, 0.05) is 12.2 Å². The van der Waals surface area contributed by atoms with E-state index in [2.05, 4.69) is 31.9 Å². The van der Waals surface area contributed by atoms with Crippen LogP contribution in [-0.2, 0) is 56.5 Å². The van der Waals surface area contributed by atoms with Gasteiger partial charge in [-0.25, -0.2) is 4.79 Å². The van der Waals surface area contributed by atoms with E-state index in [-0.39, 0.29) is 12.6 Å². The molecule has 14 nitrogen and oxygen atoms in total. The summed E-state index contributed by atoms with van der Waals surface area (Å²) in [7, 11) is -1.46. The molecular weight excluding hydrogens is 682 g/mol. The average molecular weight is 750 g/mol. The lowest BCUT2D eigenvalue weighted by Crippen LogP contribution is -2.27. The summed E-state index contributed by atoms with van der Waals surface area (Å²) >= 11 is 0. The number of hydrogen-bond acceptors (Lipinski definition) is 14. The third kappa shape index (κ3) is 33.8. The van der Waals surface area contributed by atoms with Gasteiger partial charge in [0.15, 0.2) is 8.32 Å². The van der Waals surface area contributed by atoms with Gasteiger partial charge in [-0.15, -0.1) is 0 Å². The summed E-state index contributed by atoms with van der Waals surface area (Å²) in [6.07, 6.45) is 2.24. The lowest BCUT2D eigenvalue weighted by Gasteiger charge is -2.16. The Labute approximate surface area is 307 Å². The Morgan fingerprint density at radius 3 is 1.12 bits per heavy atom. The molecule has 1 rings (SSSR count). The van der Waals surface area contributed by atoms with Crippen LogP contribution in [0.15, 0.2) is 24.3 Å². The Bertz CT molecular complexity index is 893. The monoisotopic (exact) mass is 749 g/mol. The van der Waals surface area contributed by atoms with E-state index in [1.165, 1.54) is 0 Å². The van der Waals surface area contributed by atoms with Crippen LogP contribution in [-0.4, -0.2) is 166 Å². The summed E-state index contributed by atoms with van der Waals surface area (Å²) in [5.74, 6) is -0.361. The maximum Gasteiger partial charge on any atom is 0.338 e. The summed E-state index contributed by atoms with van der Waals surface area (Å²) in [4.78, 5) is 12.1. The maximum atomic E-state index is 12.1. The number of nitrogens with one attached hydrogen (secondary N) is 1. The lowest BCUT2D eigenvalue weighted by atomic mass is 10.2. The van der Waals surface area contributed by atoms with E-state index in [1.807, 2.05) is 12.1 Å². The highest BCUT2D eigenvalue weighted by atomic mass is 28.4. The van der Waals surface area contributed by atoms with E-state index >= 15 is 0 Å². The molecule has 0 aliphatic carbocycles. The third-order valence-electron chi connectivity index (χ3n) is 6.55. The number of anilines is 1. The van der Waals surface area contributed by atoms with Crippen LogP contribution in [0.5, 0.6) is 0 Å². The molecule has 51 heavy (non-hydrogen) atoms. The molecule has 0 saturated heterocycles. The van der Waals surface area contributed by atoms with Crippen LogP contribution < -0.4 is 5.32 Å². The SMILES string of the molecule is CCCCNc1ccc(C(=O)OCCOCCOCCOCCOCCOCCOCCOCCOCCOCCOCCO[Si](C)(C)C)cc1. The van der Waals surface area contributed by atoms with Gasteiger partial charge in [-0.1, -0.05) is 13.3 Å². The molecule has 0 fully saturated rings. The molecule has 298 valence electrons. The molecule has 0 amide bonds. The minimum atomic E-state index is -1.46. The number of hydrogen-bond donors (Lipinski definition) is 1. The van der Waals surface area contributed by atoms with E-state index < -0.39 is 8.32 Å². The van der Waals surface area contributed by atoms with Crippen molar-refractivity contribution < 1.29 is 61.3 Å². The van der Waals surface area contributed by atoms with Crippen molar-refractivity contribution in [2.75, 3.05) is 157 Å². The van der Waals surface area contributed by atoms with Gasteiger partial charge in [0.2, 0.25) is 0 Å². The molecule has 1 aromatic rings. The molecule has 1 N–H and O–H groups in total. The van der Waals surface area contributed by atoms with E-state index in [1.54, 1.807) is 12.1 Å². The number of rotatable bonds is 39. The Kier molecular flexibility index (Phi) is 32.7. The number of esters is 1. The summed E-state index contributed by atoms with van der Waals surface area (Å²) < 4.78 is 65.8. The van der Waals surface area contributed by atoms with Crippen LogP contribution in [0, 0.1) is 0 Å². The first-order valence-corrected chi connectivity index (χ1v) is 21.8. The second-order valence-corrected chi connectivity index (χ2v) is 16.6. The fourth-order valence-corrected chi connectivity index (χ4v) is 4.59. The number of ether oxygens (including phenoxy) is 11. The van der Waals surface area contributed by atoms with Crippen molar-refractivity contribution in [1.29, 1.82) is 0 Å². The van der Waals surface area contributed by atoms with Crippen LogP contribution in [0.4, 0.5) is 5.69 Å². The van der Waals surface area contributed by atoms with Crippen LogP contribution in [0.2, 0.25) is 19.6 Å². The molecule has 0 spiro atoms. The smallest absolute Gasteiger partial charge is 0.338 e. The second kappa shape index (κ2) is 35.3. The standard InChI is InChI=1S/C36H67NO13Si/c1-5-6-11-37-35-9-7-34(8-10-35)36(38)49-32-30-47-28-26-45-24-22-43-20-18-41-16-14-39-12-13-40-15-17-42-19-21-44-23-25-46-27-29-48-31-33-50-51(2,3)4/h7-10,37H,5-6,11-33H2,1-4H3. The summed E-state index contributed by atoms with van der Waals surface area (Å²) in [6, 6.07) is 7.29. The van der Waals surface area contributed by atoms with Crippen molar-refractivity contribution in [2.24, 2.45) is 0 Å². The zero-order chi connectivity index (χ0) is 36.9. The fourth-order valence-electron chi connectivity index (χ4n) is 3.90. The highest BCUT2D eigenvalue weighted by Gasteiger charge is 2.13. The van der Waals surface area contributed by atoms with Gasteiger partial charge < -0.3 is 61.8 Å². The number of carbonyl (C=O) groups is 1.